The summed E-state index contributed by atoms with van der Waals surface area (Å²) in [5.41, 5.74) is 10.4. The molecule has 44 heteroatoms. The topological polar surface area (TPSA) is 568 Å². The molecule has 0 atom stereocenters. The lowest BCUT2D eigenvalue weighted by Gasteiger charge is -2.06. The number of nitrogens with one attached hydrogen (secondary N) is 4. The monoisotopic (exact) mass is 2110 g/mol. The van der Waals surface area contributed by atoms with Gasteiger partial charge in [0.25, 0.3) is 0 Å². The largest absolute Gasteiger partial charge is 0.426 e. The second-order valence-corrected chi connectivity index (χ2v) is 35.2. The number of aromatic nitrogens is 4. The first kappa shape index (κ1) is 111. The minimum absolute atomic E-state index is 0.134. The van der Waals surface area contributed by atoms with Gasteiger partial charge in [0.15, 0.2) is 56.3 Å². The highest BCUT2D eigenvalue weighted by molar-refractivity contribution is 7.17. The van der Waals surface area contributed by atoms with Gasteiger partial charge < -0.3 is 82.7 Å². The van der Waals surface area contributed by atoms with E-state index in [1.165, 1.54) is 31.2 Å². The number of carbonyl (C=O) groups is 10. The molecule has 0 spiro atoms. The smallest absolute Gasteiger partial charge is 0.417 e. The van der Waals surface area contributed by atoms with Crippen LogP contribution in [0.3, 0.4) is 0 Å². The number of para-hydroxylation sites is 2. The number of aromatic amines is 4. The summed E-state index contributed by atoms with van der Waals surface area (Å²) in [7, 11) is 0. The normalized spacial score (nSPS) is 10.6. The van der Waals surface area contributed by atoms with E-state index in [1.807, 2.05) is 19.1 Å². The summed E-state index contributed by atoms with van der Waals surface area (Å²) in [6, 6.07) is 50.1. The van der Waals surface area contributed by atoms with Crippen molar-refractivity contribution in [1.29, 1.82) is 0 Å². The fourth-order valence-corrected chi connectivity index (χ4v) is 14.3. The van der Waals surface area contributed by atoms with Crippen LogP contribution in [0.2, 0.25) is 0 Å². The number of carbonyl (C=O) groups excluding carboxylic acids is 10. The summed E-state index contributed by atoms with van der Waals surface area (Å²) in [6.45, 7) is 46.0. The van der Waals surface area contributed by atoms with Gasteiger partial charge in [-0.15, -0.1) is 0 Å². The van der Waals surface area contributed by atoms with E-state index in [4.69, 9.17) is 82.7 Å². The molecule has 766 valence electrons. The summed E-state index contributed by atoms with van der Waals surface area (Å²) >= 11 is 3.84. The van der Waals surface area contributed by atoms with Crippen LogP contribution < -0.4 is 90.2 Å². The maximum Gasteiger partial charge on any atom is 0.417 e. The van der Waals surface area contributed by atoms with Gasteiger partial charge in [0.05, 0.1) is 48.2 Å². The van der Waals surface area contributed by atoms with Crippen molar-refractivity contribution in [2.45, 2.75) is 68.7 Å². The fourth-order valence-electron chi connectivity index (χ4n) is 11.5. The van der Waals surface area contributed by atoms with Crippen LogP contribution in [0.1, 0.15) is 83.8 Å². The van der Waals surface area contributed by atoms with E-state index in [0.717, 1.165) is 61.2 Å². The van der Waals surface area contributed by atoms with Crippen LogP contribution in [-0.4, -0.2) is 79.6 Å². The molecule has 0 fully saturated rings. The van der Waals surface area contributed by atoms with Crippen molar-refractivity contribution in [3.05, 3.63) is 390 Å². The van der Waals surface area contributed by atoms with E-state index in [9.17, 15) is 86.3 Å². The molecule has 18 aromatic rings. The highest BCUT2D eigenvalue weighted by Gasteiger charge is 2.26. The molecule has 0 radical (unpaired) electrons. The number of fused-ring (bicyclic) bond motifs is 9. The number of allylic oxidation sites excluding steroid dienone is 1. The molecule has 150 heavy (non-hydrogen) atoms. The van der Waals surface area contributed by atoms with Crippen molar-refractivity contribution >= 4 is 196 Å². The number of H-pyrrole nitrogens is 4. The number of ether oxygens (including phenoxy) is 10. The van der Waals surface area contributed by atoms with Crippen molar-refractivity contribution in [3.63, 3.8) is 0 Å². The number of hydrogen-bond donors (Lipinski definition) is 4. The Morgan fingerprint density at radius 1 is 0.273 bits per heavy atom. The first-order valence-electron chi connectivity index (χ1n) is 43.0. The summed E-state index contributed by atoms with van der Waals surface area (Å²) in [5.74, 6) is -3.96. The number of hydrogen-bond acceptors (Lipinski definition) is 40. The molecule has 1 aliphatic heterocycles. The second-order valence-electron chi connectivity index (χ2n) is 31.4. The standard InChI is InChI=1S/C17H13NO4.C12H10O4.3C11H9NO4.4C11H8O4S/c1-10(2)11-3-5-12(6-4-11)16(19)21-13-7-8-14-15(9-13)22-17(20)18-14;1-7(2)12(14)16-10-5-3-4-9-8(10)6-11(13)15-9;1-6(2)10(13)15-7-3-4-9-8(5-7)12-11(14)16-9;1-6(2)10(13)15-7-3-4-8-9(5-7)16-11(14)12-8;1-6(2)10(13)15-8-5-3-4-7-9(8)16-11(14)12-7;1-6(2)10(12)14-7-3-4-9-8(5-7)15-11(13)16-9;1-6(2)10(12)14-7-3-4-8-9(5-7)16-11(13)15-8;1-6(2)10(12)14-7-4-3-5-8-9(7)15-11(13)16-8;1-6(2)10(12)14-7-4-3-5-8-9(7)16-11(13)15-8/h3-9H,1H2,2H3,(H,18,20);3-5H,1,6H2,2H3;3*3-5H,1H2,2H3,(H,12,14);4*3-5H,1H2,2H3. The molecule has 10 aromatic carbocycles. The zero-order valence-electron chi connectivity index (χ0n) is 80.3. The van der Waals surface area contributed by atoms with Crippen LogP contribution in [-0.2, 0) is 49.6 Å². The van der Waals surface area contributed by atoms with E-state index in [2.05, 4.69) is 79.1 Å². The maximum atomic E-state index is 12.1. The molecule has 19 rings (SSSR count). The zero-order chi connectivity index (χ0) is 109. The SMILES string of the molecule is C=C(C)C(=O)Oc1ccc2[nH]c(=O)oc2c1.C=C(C)C(=O)Oc1ccc2oc(=O)[nH]c2c1.C=C(C)C(=O)Oc1ccc2oc(=O)sc2c1.C=C(C)C(=O)Oc1ccc2sc(=O)oc2c1.C=C(C)C(=O)Oc1cccc2[nH]c(=O)oc12.C=C(C)C(=O)Oc1cccc2c1CC(=O)O2.C=C(C)C(=O)Oc1cccc2oc(=O)sc12.C=C(C)C(=O)Oc1cccc2sc(=O)oc12.C=C(C)c1ccc(C(=O)Oc2ccc3[nH]c(=O)oc3c2)cc1. The van der Waals surface area contributed by atoms with Crippen LogP contribution in [0.25, 0.3) is 91.1 Å². The molecule has 4 N–H and O–H groups in total. The Kier molecular flexibility index (Phi) is 37.0. The molecule has 0 saturated carbocycles. The van der Waals surface area contributed by atoms with E-state index in [1.54, 1.807) is 200 Å². The zero-order valence-corrected chi connectivity index (χ0v) is 83.6. The molecule has 0 bridgehead atoms. The van der Waals surface area contributed by atoms with Crippen molar-refractivity contribution < 1.29 is 131 Å². The minimum Gasteiger partial charge on any atom is -0.426 e. The summed E-state index contributed by atoms with van der Waals surface area (Å²) in [4.78, 5) is 210. The molecular weight excluding hydrogens is 2030 g/mol. The highest BCUT2D eigenvalue weighted by atomic mass is 32.1. The lowest BCUT2D eigenvalue weighted by atomic mass is 10.1. The number of rotatable bonds is 19. The Morgan fingerprint density at radius 2 is 0.640 bits per heavy atom. The third-order valence-corrected chi connectivity index (χ3v) is 22.0. The van der Waals surface area contributed by atoms with Gasteiger partial charge in [-0.3, -0.25) is 24.7 Å². The molecule has 0 aliphatic carbocycles. The van der Waals surface area contributed by atoms with Gasteiger partial charge in [-0.2, -0.15) is 0 Å². The van der Waals surface area contributed by atoms with Crippen LogP contribution >= 0.6 is 45.3 Å². The fraction of sp³-hybridized carbons (Fsp3) is 0.0943. The highest BCUT2D eigenvalue weighted by Crippen LogP contribution is 2.36. The predicted molar refractivity (Wildman–Crippen MR) is 554 cm³/mol. The van der Waals surface area contributed by atoms with E-state index < -0.39 is 86.6 Å². The predicted octanol–water partition coefficient (Wildman–Crippen LogP) is 19.2. The Balaban J connectivity index is 0.000000160. The summed E-state index contributed by atoms with van der Waals surface area (Å²) in [6.07, 6.45) is 0.134. The lowest BCUT2D eigenvalue weighted by molar-refractivity contribution is -0.132. The summed E-state index contributed by atoms with van der Waals surface area (Å²) < 4.78 is 92.0. The number of benzene rings is 10. The van der Waals surface area contributed by atoms with Crippen LogP contribution in [0.15, 0.2) is 366 Å². The Morgan fingerprint density at radius 3 is 1.17 bits per heavy atom. The van der Waals surface area contributed by atoms with Gasteiger partial charge in [0.2, 0.25) is 0 Å². The van der Waals surface area contributed by atoms with Crippen molar-refractivity contribution in [1.82, 2.24) is 19.9 Å². The quantitative estimate of drug-likeness (QED) is 0.0332. The Labute approximate surface area is 857 Å². The first-order valence-corrected chi connectivity index (χ1v) is 46.3. The van der Waals surface area contributed by atoms with E-state index in [0.29, 0.717) is 166 Å². The molecule has 0 saturated heterocycles. The number of oxazole rings is 4. The van der Waals surface area contributed by atoms with Crippen LogP contribution in [0.5, 0.6) is 57.5 Å². The van der Waals surface area contributed by atoms with Crippen molar-refractivity contribution in [3.8, 4) is 57.5 Å². The molecule has 1 aliphatic rings. The molecule has 0 unspecified atom stereocenters. The Bertz CT molecular complexity index is 8290. The Hall–Kier alpha value is -19.6. The minimum atomic E-state index is -0.589. The maximum absolute atomic E-state index is 12.1. The third-order valence-electron chi connectivity index (χ3n) is 18.7. The molecule has 9 heterocycles. The molecule has 40 nitrogen and oxygen atoms in total. The average molecular weight is 2120 g/mol. The van der Waals surface area contributed by atoms with Gasteiger partial charge in [0, 0.05) is 80.5 Å². The average Bonchev–Trinajstić information content (AvgIpc) is 1.67. The first-order chi connectivity index (χ1) is 71.1. The number of esters is 10. The van der Waals surface area contributed by atoms with E-state index >= 15 is 0 Å². The molecule has 0 amide bonds. The van der Waals surface area contributed by atoms with Crippen LogP contribution in [0.4, 0.5) is 0 Å². The van der Waals surface area contributed by atoms with Crippen molar-refractivity contribution in [2.75, 3.05) is 0 Å². The molecular formula is C106H82N4O36S4. The van der Waals surface area contributed by atoms with Crippen molar-refractivity contribution in [2.24, 2.45) is 0 Å². The van der Waals surface area contributed by atoms with Gasteiger partial charge in [-0.25, -0.2) is 81.5 Å². The van der Waals surface area contributed by atoms with Gasteiger partial charge in [-0.05, 0) is 201 Å². The second kappa shape index (κ2) is 50.1. The van der Waals surface area contributed by atoms with Gasteiger partial charge in [-0.1, -0.05) is 135 Å². The summed E-state index contributed by atoms with van der Waals surface area (Å²) in [5, 5.41) is 0. The van der Waals surface area contributed by atoms with Gasteiger partial charge in [0.1, 0.15) is 50.5 Å². The third kappa shape index (κ3) is 31.0. The van der Waals surface area contributed by atoms with E-state index in [-0.39, 0.29) is 50.5 Å². The van der Waals surface area contributed by atoms with Crippen LogP contribution in [0, 0.1) is 0 Å². The van der Waals surface area contributed by atoms with Gasteiger partial charge >= 0.3 is 102 Å². The lowest BCUT2D eigenvalue weighted by Crippen LogP contribution is -2.09. The molecule has 8 aromatic heterocycles.